The molecule has 2 saturated heterocycles. The Kier molecular flexibility index (Phi) is 5.74. The predicted molar refractivity (Wildman–Crippen MR) is 115 cm³/mol. The molecular weight excluding hydrogens is 384 g/mol. The molecule has 1 aromatic heterocycles. The maximum absolute atomic E-state index is 13.2. The normalized spacial score (nSPS) is 24.1. The quantitative estimate of drug-likeness (QED) is 0.756. The van der Waals surface area contributed by atoms with Crippen molar-refractivity contribution in [2.24, 2.45) is 5.41 Å². The first-order valence-corrected chi connectivity index (χ1v) is 11.2. The van der Waals surface area contributed by atoms with Gasteiger partial charge in [0.05, 0.1) is 5.41 Å². The first-order valence-electron chi connectivity index (χ1n) is 10.2. The Morgan fingerprint density at radius 1 is 1.21 bits per heavy atom. The van der Waals surface area contributed by atoms with Crippen LogP contribution in [0.1, 0.15) is 24.8 Å². The van der Waals surface area contributed by atoms with Crippen molar-refractivity contribution in [3.05, 3.63) is 46.7 Å². The molecule has 0 N–H and O–H groups in total. The van der Waals surface area contributed by atoms with Gasteiger partial charge < -0.3 is 14.5 Å². The molecule has 2 atom stereocenters. The standard InChI is InChI=1S/C23H28N2O3S/c1-24(2)22(27)23(10-11-25(16-23)21(26)20-4-3-12-28-20)14-17-5-7-18(8-6-17)19-9-13-29-15-19/h5-9,13,15,20H,3-4,10-12,14,16H2,1-2H3/t20-,23-/m0/s1. The van der Waals surface area contributed by atoms with E-state index in [1.165, 1.54) is 11.1 Å². The number of hydrogen-bond donors (Lipinski definition) is 0. The Morgan fingerprint density at radius 3 is 2.62 bits per heavy atom. The van der Waals surface area contributed by atoms with Gasteiger partial charge in [0.1, 0.15) is 6.10 Å². The van der Waals surface area contributed by atoms with Crippen molar-refractivity contribution < 1.29 is 14.3 Å². The highest BCUT2D eigenvalue weighted by Crippen LogP contribution is 2.37. The first kappa shape index (κ1) is 20.1. The molecule has 154 valence electrons. The monoisotopic (exact) mass is 412 g/mol. The molecule has 0 saturated carbocycles. The summed E-state index contributed by atoms with van der Waals surface area (Å²) in [4.78, 5) is 29.5. The van der Waals surface area contributed by atoms with Gasteiger partial charge in [0.2, 0.25) is 5.91 Å². The summed E-state index contributed by atoms with van der Waals surface area (Å²) in [7, 11) is 3.60. The van der Waals surface area contributed by atoms with Gasteiger partial charge in [-0.25, -0.2) is 0 Å². The molecule has 0 radical (unpaired) electrons. The van der Waals surface area contributed by atoms with Crippen LogP contribution in [0.5, 0.6) is 0 Å². The van der Waals surface area contributed by atoms with Gasteiger partial charge in [0, 0.05) is 33.8 Å². The maximum Gasteiger partial charge on any atom is 0.251 e. The highest BCUT2D eigenvalue weighted by atomic mass is 32.1. The lowest BCUT2D eigenvalue weighted by atomic mass is 9.79. The lowest BCUT2D eigenvalue weighted by molar-refractivity contribution is -0.142. The van der Waals surface area contributed by atoms with Gasteiger partial charge in [-0.3, -0.25) is 9.59 Å². The fourth-order valence-electron chi connectivity index (χ4n) is 4.54. The Morgan fingerprint density at radius 2 is 2.00 bits per heavy atom. The van der Waals surface area contributed by atoms with Crippen molar-refractivity contribution in [3.8, 4) is 11.1 Å². The summed E-state index contributed by atoms with van der Waals surface area (Å²) in [6.45, 7) is 1.74. The molecule has 29 heavy (non-hydrogen) atoms. The van der Waals surface area contributed by atoms with Crippen LogP contribution in [0.15, 0.2) is 41.1 Å². The number of rotatable bonds is 5. The summed E-state index contributed by atoms with van der Waals surface area (Å²) in [5.41, 5.74) is 2.96. The Balaban J connectivity index is 1.53. The van der Waals surface area contributed by atoms with Gasteiger partial charge in [-0.05, 0) is 59.2 Å². The van der Waals surface area contributed by atoms with Gasteiger partial charge in [-0.1, -0.05) is 24.3 Å². The lowest BCUT2D eigenvalue weighted by Gasteiger charge is -2.31. The number of carbonyl (C=O) groups is 2. The van der Waals surface area contributed by atoms with Gasteiger partial charge in [0.15, 0.2) is 0 Å². The van der Waals surface area contributed by atoms with Crippen LogP contribution in [0.2, 0.25) is 0 Å². The summed E-state index contributed by atoms with van der Waals surface area (Å²) < 4.78 is 5.58. The Bertz CT molecular complexity index is 857. The molecule has 2 aliphatic heterocycles. The van der Waals surface area contributed by atoms with E-state index in [-0.39, 0.29) is 17.9 Å². The van der Waals surface area contributed by atoms with Crippen LogP contribution >= 0.6 is 11.3 Å². The van der Waals surface area contributed by atoms with Crippen molar-refractivity contribution in [3.63, 3.8) is 0 Å². The highest BCUT2D eigenvalue weighted by Gasteiger charge is 2.47. The summed E-state index contributed by atoms with van der Waals surface area (Å²) >= 11 is 1.69. The first-order chi connectivity index (χ1) is 14.0. The van der Waals surface area contributed by atoms with E-state index in [1.54, 1.807) is 30.3 Å². The SMILES string of the molecule is CN(C)C(=O)[C@]1(Cc2ccc(-c3ccsc3)cc2)CCN(C(=O)[C@@H]2CCCO2)C1. The van der Waals surface area contributed by atoms with Crippen LogP contribution in [0.4, 0.5) is 0 Å². The summed E-state index contributed by atoms with van der Waals surface area (Å²) in [5.74, 6) is 0.144. The number of amides is 2. The van der Waals surface area contributed by atoms with E-state index in [9.17, 15) is 9.59 Å². The van der Waals surface area contributed by atoms with E-state index < -0.39 is 5.41 Å². The summed E-state index contributed by atoms with van der Waals surface area (Å²) in [5, 5.41) is 4.21. The molecule has 3 heterocycles. The average molecular weight is 413 g/mol. The third-order valence-corrected chi connectivity index (χ3v) is 6.76. The zero-order valence-corrected chi connectivity index (χ0v) is 17.9. The van der Waals surface area contributed by atoms with Crippen LogP contribution in [-0.2, 0) is 20.7 Å². The van der Waals surface area contributed by atoms with Crippen LogP contribution in [0.3, 0.4) is 0 Å². The van der Waals surface area contributed by atoms with Gasteiger partial charge >= 0.3 is 0 Å². The third-order valence-electron chi connectivity index (χ3n) is 6.08. The van der Waals surface area contributed by atoms with Crippen LogP contribution in [0.25, 0.3) is 11.1 Å². The number of nitrogens with zero attached hydrogens (tertiary/aromatic N) is 2. The van der Waals surface area contributed by atoms with Gasteiger partial charge in [0.25, 0.3) is 5.91 Å². The van der Waals surface area contributed by atoms with Crippen LogP contribution < -0.4 is 0 Å². The largest absolute Gasteiger partial charge is 0.368 e. The zero-order valence-electron chi connectivity index (χ0n) is 17.1. The molecule has 0 spiro atoms. The average Bonchev–Trinajstić information content (AvgIpc) is 3.49. The minimum Gasteiger partial charge on any atom is -0.368 e. The van der Waals surface area contributed by atoms with E-state index in [4.69, 9.17) is 4.74 Å². The molecule has 0 bridgehead atoms. The molecule has 2 aromatic rings. The van der Waals surface area contributed by atoms with E-state index in [0.29, 0.717) is 32.5 Å². The smallest absolute Gasteiger partial charge is 0.251 e. The van der Waals surface area contributed by atoms with Gasteiger partial charge in [-0.15, -0.1) is 0 Å². The predicted octanol–water partition coefficient (Wildman–Crippen LogP) is 3.44. The molecule has 2 fully saturated rings. The molecule has 0 aliphatic carbocycles. The fraction of sp³-hybridized carbons (Fsp3) is 0.478. The van der Waals surface area contributed by atoms with E-state index in [2.05, 4.69) is 41.1 Å². The zero-order chi connectivity index (χ0) is 20.4. The van der Waals surface area contributed by atoms with Crippen LogP contribution in [0, 0.1) is 5.41 Å². The summed E-state index contributed by atoms with van der Waals surface area (Å²) in [6.07, 6.45) is 2.72. The van der Waals surface area contributed by atoms with Crippen molar-refractivity contribution in [2.75, 3.05) is 33.8 Å². The number of carbonyl (C=O) groups excluding carboxylic acids is 2. The molecule has 6 heteroatoms. The number of benzene rings is 1. The minimum absolute atomic E-state index is 0.0451. The van der Waals surface area contributed by atoms with Crippen molar-refractivity contribution in [1.29, 1.82) is 0 Å². The second-order valence-electron chi connectivity index (χ2n) is 8.38. The second-order valence-corrected chi connectivity index (χ2v) is 9.16. The number of thiophene rings is 1. The van der Waals surface area contributed by atoms with Crippen molar-refractivity contribution in [2.45, 2.75) is 31.8 Å². The minimum atomic E-state index is -0.568. The van der Waals surface area contributed by atoms with E-state index in [1.807, 2.05) is 4.90 Å². The number of hydrogen-bond acceptors (Lipinski definition) is 4. The summed E-state index contributed by atoms with van der Waals surface area (Å²) in [6, 6.07) is 10.6. The molecule has 0 unspecified atom stereocenters. The number of likely N-dealkylation sites (tertiary alicyclic amines) is 1. The molecule has 2 aliphatic rings. The molecular formula is C23H28N2O3S. The van der Waals surface area contributed by atoms with Crippen LogP contribution in [-0.4, -0.2) is 61.5 Å². The van der Waals surface area contributed by atoms with Gasteiger partial charge in [-0.2, -0.15) is 11.3 Å². The Labute approximate surface area is 176 Å². The van der Waals surface area contributed by atoms with E-state index >= 15 is 0 Å². The fourth-order valence-corrected chi connectivity index (χ4v) is 5.20. The molecule has 2 amide bonds. The second kappa shape index (κ2) is 8.28. The van der Waals surface area contributed by atoms with Crippen molar-refractivity contribution in [1.82, 2.24) is 9.80 Å². The highest BCUT2D eigenvalue weighted by molar-refractivity contribution is 7.08. The molecule has 1 aromatic carbocycles. The molecule has 5 nitrogen and oxygen atoms in total. The maximum atomic E-state index is 13.2. The number of ether oxygens (including phenoxy) is 1. The third kappa shape index (κ3) is 4.09. The lowest BCUT2D eigenvalue weighted by Crippen LogP contribution is -2.46. The van der Waals surface area contributed by atoms with Crippen molar-refractivity contribution >= 4 is 23.2 Å². The Hall–Kier alpha value is -2.18. The van der Waals surface area contributed by atoms with E-state index in [0.717, 1.165) is 18.4 Å². The molecule has 4 rings (SSSR count). The topological polar surface area (TPSA) is 49.9 Å².